The van der Waals surface area contributed by atoms with Crippen LogP contribution in [0.15, 0.2) is 36.4 Å². The van der Waals surface area contributed by atoms with Gasteiger partial charge in [0.15, 0.2) is 0 Å². The summed E-state index contributed by atoms with van der Waals surface area (Å²) in [5, 5.41) is 0.565. The average molecular weight is 346 g/mol. The number of nitrogens with two attached hydrogens (primary N) is 1. The van der Waals surface area contributed by atoms with E-state index in [0.29, 0.717) is 22.3 Å². The molecule has 1 aromatic heterocycles. The van der Waals surface area contributed by atoms with Crippen molar-refractivity contribution in [2.24, 2.45) is 0 Å². The molecular weight excluding hydrogens is 329 g/mol. The second kappa shape index (κ2) is 5.95. The van der Waals surface area contributed by atoms with Gasteiger partial charge in [-0.3, -0.25) is 0 Å². The first-order valence-electron chi connectivity index (χ1n) is 7.64. The van der Waals surface area contributed by atoms with Crippen LogP contribution < -0.4 is 10.5 Å². The van der Waals surface area contributed by atoms with Gasteiger partial charge in [-0.15, -0.1) is 0 Å². The van der Waals surface area contributed by atoms with Gasteiger partial charge in [0.2, 0.25) is 0 Å². The lowest BCUT2D eigenvalue weighted by Crippen LogP contribution is -2.10. The van der Waals surface area contributed by atoms with Crippen molar-refractivity contribution >= 4 is 16.6 Å². The highest BCUT2D eigenvalue weighted by Gasteiger charge is 2.33. The van der Waals surface area contributed by atoms with Gasteiger partial charge >= 0.3 is 6.18 Å². The standard InChI is InChI=1S/C19H17F3N2O/c1-10-5-4-6-12(7-10)17-14(25-3)9-13(23)18-16(17)11(2)8-15(24-18)19(20,21)22/h4-9H,23H2,1-3H3. The third kappa shape index (κ3) is 2.99. The highest BCUT2D eigenvalue weighted by molar-refractivity contribution is 6.05. The third-order valence-corrected chi connectivity index (χ3v) is 4.09. The second-order valence-electron chi connectivity index (χ2n) is 5.96. The number of aromatic nitrogens is 1. The van der Waals surface area contributed by atoms with Crippen LogP contribution in [0.5, 0.6) is 5.75 Å². The van der Waals surface area contributed by atoms with E-state index in [0.717, 1.165) is 17.2 Å². The topological polar surface area (TPSA) is 48.1 Å². The predicted octanol–water partition coefficient (Wildman–Crippen LogP) is 5.13. The smallest absolute Gasteiger partial charge is 0.433 e. The van der Waals surface area contributed by atoms with Crippen molar-refractivity contribution in [3.05, 3.63) is 53.2 Å². The number of nitrogens with zero attached hydrogens (tertiary/aromatic N) is 1. The first-order valence-corrected chi connectivity index (χ1v) is 7.64. The Balaban J connectivity index is 2.45. The molecule has 0 aliphatic carbocycles. The summed E-state index contributed by atoms with van der Waals surface area (Å²) in [6, 6.07) is 10.2. The molecule has 0 amide bonds. The number of hydrogen-bond donors (Lipinski definition) is 1. The van der Waals surface area contributed by atoms with E-state index in [1.54, 1.807) is 6.92 Å². The van der Waals surface area contributed by atoms with Crippen LogP contribution in [0.4, 0.5) is 18.9 Å². The number of rotatable bonds is 2. The van der Waals surface area contributed by atoms with E-state index >= 15 is 0 Å². The monoisotopic (exact) mass is 346 g/mol. The fourth-order valence-corrected chi connectivity index (χ4v) is 3.00. The lowest BCUT2D eigenvalue weighted by Gasteiger charge is -2.17. The fourth-order valence-electron chi connectivity index (χ4n) is 3.00. The molecule has 1 heterocycles. The van der Waals surface area contributed by atoms with E-state index in [2.05, 4.69) is 4.98 Å². The van der Waals surface area contributed by atoms with E-state index in [1.165, 1.54) is 13.2 Å². The van der Waals surface area contributed by atoms with Crippen LogP contribution in [0.1, 0.15) is 16.8 Å². The van der Waals surface area contributed by atoms with Crippen LogP contribution in [0.3, 0.4) is 0 Å². The molecule has 6 heteroatoms. The zero-order chi connectivity index (χ0) is 18.4. The second-order valence-corrected chi connectivity index (χ2v) is 5.96. The summed E-state index contributed by atoms with van der Waals surface area (Å²) in [6.45, 7) is 3.57. The molecule has 0 radical (unpaired) electrons. The normalized spacial score (nSPS) is 11.8. The fraction of sp³-hybridized carbons (Fsp3) is 0.211. The van der Waals surface area contributed by atoms with Crippen LogP contribution in [0, 0.1) is 13.8 Å². The van der Waals surface area contributed by atoms with Gasteiger partial charge in [0, 0.05) is 17.0 Å². The van der Waals surface area contributed by atoms with Crippen molar-refractivity contribution in [3.8, 4) is 16.9 Å². The molecule has 2 N–H and O–H groups in total. The molecule has 0 unspecified atom stereocenters. The minimum Gasteiger partial charge on any atom is -0.496 e. The Morgan fingerprint density at radius 1 is 1.08 bits per heavy atom. The molecule has 25 heavy (non-hydrogen) atoms. The van der Waals surface area contributed by atoms with Crippen molar-refractivity contribution in [3.63, 3.8) is 0 Å². The van der Waals surface area contributed by atoms with E-state index in [-0.39, 0.29) is 11.2 Å². The maximum absolute atomic E-state index is 13.1. The number of nitrogen functional groups attached to an aromatic ring is 1. The van der Waals surface area contributed by atoms with E-state index < -0.39 is 11.9 Å². The molecule has 0 aliphatic heterocycles. The SMILES string of the molecule is COc1cc(N)c2nc(C(F)(F)F)cc(C)c2c1-c1cccc(C)c1. The number of aryl methyl sites for hydroxylation is 2. The largest absolute Gasteiger partial charge is 0.496 e. The maximum Gasteiger partial charge on any atom is 0.433 e. The van der Waals surface area contributed by atoms with Gasteiger partial charge in [0.25, 0.3) is 0 Å². The number of methoxy groups -OCH3 is 1. The summed E-state index contributed by atoms with van der Waals surface area (Å²) in [6.07, 6.45) is -4.53. The number of anilines is 1. The number of halogens is 3. The number of alkyl halides is 3. The molecule has 130 valence electrons. The molecular formula is C19H17F3N2O. The van der Waals surface area contributed by atoms with Crippen molar-refractivity contribution in [2.45, 2.75) is 20.0 Å². The quantitative estimate of drug-likeness (QED) is 0.655. The van der Waals surface area contributed by atoms with Crippen LogP contribution in [-0.2, 0) is 6.18 Å². The van der Waals surface area contributed by atoms with Crippen LogP contribution in [-0.4, -0.2) is 12.1 Å². The minimum atomic E-state index is -4.53. The predicted molar refractivity (Wildman–Crippen MR) is 92.6 cm³/mol. The zero-order valence-corrected chi connectivity index (χ0v) is 14.0. The van der Waals surface area contributed by atoms with Crippen LogP contribution in [0.25, 0.3) is 22.0 Å². The summed E-state index contributed by atoms with van der Waals surface area (Å²) >= 11 is 0. The van der Waals surface area contributed by atoms with Crippen LogP contribution >= 0.6 is 0 Å². The molecule has 3 nitrogen and oxygen atoms in total. The Morgan fingerprint density at radius 2 is 1.80 bits per heavy atom. The zero-order valence-electron chi connectivity index (χ0n) is 14.0. The Labute approximate surface area is 143 Å². The van der Waals surface area contributed by atoms with Gasteiger partial charge in [0.1, 0.15) is 11.4 Å². The summed E-state index contributed by atoms with van der Waals surface area (Å²) in [4.78, 5) is 3.79. The Bertz CT molecular complexity index is 965. The van der Waals surface area contributed by atoms with Gasteiger partial charge in [-0.1, -0.05) is 29.8 Å². The molecule has 0 spiro atoms. The van der Waals surface area contributed by atoms with Gasteiger partial charge in [-0.05, 0) is 31.0 Å². The number of ether oxygens (including phenoxy) is 1. The number of benzene rings is 2. The van der Waals surface area contributed by atoms with Crippen molar-refractivity contribution in [2.75, 3.05) is 12.8 Å². The molecule has 0 atom stereocenters. The van der Waals surface area contributed by atoms with Gasteiger partial charge in [0.05, 0.1) is 18.3 Å². The Morgan fingerprint density at radius 3 is 2.40 bits per heavy atom. The Kier molecular flexibility index (Phi) is 4.06. The minimum absolute atomic E-state index is 0.129. The highest BCUT2D eigenvalue weighted by Crippen LogP contribution is 2.42. The third-order valence-electron chi connectivity index (χ3n) is 4.09. The lowest BCUT2D eigenvalue weighted by atomic mass is 9.94. The molecule has 0 saturated carbocycles. The highest BCUT2D eigenvalue weighted by atomic mass is 19.4. The van der Waals surface area contributed by atoms with E-state index in [1.807, 2.05) is 31.2 Å². The van der Waals surface area contributed by atoms with Gasteiger partial charge in [-0.25, -0.2) is 4.98 Å². The van der Waals surface area contributed by atoms with Crippen molar-refractivity contribution < 1.29 is 17.9 Å². The molecule has 0 saturated heterocycles. The average Bonchev–Trinajstić information content (AvgIpc) is 2.54. The van der Waals surface area contributed by atoms with Gasteiger partial charge < -0.3 is 10.5 Å². The lowest BCUT2D eigenvalue weighted by molar-refractivity contribution is -0.141. The van der Waals surface area contributed by atoms with Crippen molar-refractivity contribution in [1.82, 2.24) is 4.98 Å². The first-order chi connectivity index (χ1) is 11.7. The number of pyridine rings is 1. The summed E-state index contributed by atoms with van der Waals surface area (Å²) in [7, 11) is 1.51. The van der Waals surface area contributed by atoms with Crippen LogP contribution in [0.2, 0.25) is 0 Å². The molecule has 2 aromatic carbocycles. The summed E-state index contributed by atoms with van der Waals surface area (Å²) in [5.41, 5.74) is 8.31. The van der Waals surface area contributed by atoms with E-state index in [4.69, 9.17) is 10.5 Å². The molecule has 0 fully saturated rings. The summed E-state index contributed by atoms with van der Waals surface area (Å²) in [5.74, 6) is 0.500. The first kappa shape index (κ1) is 17.1. The molecule has 3 aromatic rings. The maximum atomic E-state index is 13.1. The molecule has 0 aliphatic rings. The molecule has 0 bridgehead atoms. The number of hydrogen-bond acceptors (Lipinski definition) is 3. The molecule has 3 rings (SSSR count). The number of fused-ring (bicyclic) bond motifs is 1. The van der Waals surface area contributed by atoms with E-state index in [9.17, 15) is 13.2 Å². The van der Waals surface area contributed by atoms with Gasteiger partial charge in [-0.2, -0.15) is 13.2 Å². The Hall–Kier alpha value is -2.76. The van der Waals surface area contributed by atoms with Crippen molar-refractivity contribution in [1.29, 1.82) is 0 Å². The summed E-state index contributed by atoms with van der Waals surface area (Å²) < 4.78 is 44.8.